The van der Waals surface area contributed by atoms with Gasteiger partial charge in [-0.15, -0.1) is 5.10 Å². The molecule has 2 aliphatic rings. The van der Waals surface area contributed by atoms with E-state index in [1.807, 2.05) is 58.9 Å². The lowest BCUT2D eigenvalue weighted by Gasteiger charge is -2.32. The number of hydrogen-bond acceptors (Lipinski definition) is 11. The Bertz CT molecular complexity index is 1740. The maximum absolute atomic E-state index is 6.52. The lowest BCUT2D eigenvalue weighted by Crippen LogP contribution is -2.41. The number of aryl methyl sites for hydroxylation is 1. The Kier molecular flexibility index (Phi) is 9.33. The molecule has 1 unspecified atom stereocenters. The number of anilines is 1. The van der Waals surface area contributed by atoms with Gasteiger partial charge in [-0.05, 0) is 81.5 Å². The van der Waals surface area contributed by atoms with Gasteiger partial charge in [-0.25, -0.2) is 0 Å². The molecular weight excluding hydrogens is 599 g/mol. The molecule has 2 saturated heterocycles. The van der Waals surface area contributed by atoms with Gasteiger partial charge < -0.3 is 38.3 Å². The lowest BCUT2D eigenvalue weighted by molar-refractivity contribution is -0.130. The summed E-state index contributed by atoms with van der Waals surface area (Å²) in [4.78, 5) is 0. The molecule has 0 amide bonds. The summed E-state index contributed by atoms with van der Waals surface area (Å²) < 4.78 is 41.6. The fourth-order valence-electron chi connectivity index (χ4n) is 5.78. The lowest BCUT2D eigenvalue weighted by atomic mass is 9.74. The number of nitrogens with zero attached hydrogens (tertiary/aromatic N) is 2. The summed E-state index contributed by atoms with van der Waals surface area (Å²) >= 11 is 0. The van der Waals surface area contributed by atoms with Crippen molar-refractivity contribution in [3.63, 3.8) is 0 Å². The number of methoxy groups -OCH3 is 3. The average Bonchev–Trinajstić information content (AvgIpc) is 3.67. The second-order valence-electron chi connectivity index (χ2n) is 12.7. The molecule has 47 heavy (non-hydrogen) atoms. The van der Waals surface area contributed by atoms with Crippen LogP contribution in [0.3, 0.4) is 0 Å². The van der Waals surface area contributed by atoms with E-state index in [2.05, 4.69) is 45.1 Å². The van der Waals surface area contributed by atoms with Crippen LogP contribution >= 0.6 is 0 Å². The second kappa shape index (κ2) is 13.3. The van der Waals surface area contributed by atoms with Crippen molar-refractivity contribution in [2.24, 2.45) is 0 Å². The third-order valence-electron chi connectivity index (χ3n) is 9.26. The third kappa shape index (κ3) is 6.61. The number of rotatable bonds is 11. The predicted molar refractivity (Wildman–Crippen MR) is 181 cm³/mol. The molecular formula is C35H43BN4O7. The smallest absolute Gasteiger partial charge is 0.495 e. The minimum atomic E-state index is -0.598. The van der Waals surface area contributed by atoms with Gasteiger partial charge in [0.05, 0.1) is 51.4 Å². The summed E-state index contributed by atoms with van der Waals surface area (Å²) in [5.41, 5.74) is 4.38. The Morgan fingerprint density at radius 2 is 1.64 bits per heavy atom. The van der Waals surface area contributed by atoms with Gasteiger partial charge in [0.15, 0.2) is 5.82 Å². The molecule has 6 rings (SSSR count). The molecule has 4 aromatic rings. The maximum atomic E-state index is 6.52. The molecule has 12 heteroatoms. The van der Waals surface area contributed by atoms with E-state index < -0.39 is 24.7 Å². The molecule has 1 aromatic heterocycles. The van der Waals surface area contributed by atoms with Gasteiger partial charge in [0.25, 0.3) is 0 Å². The zero-order valence-corrected chi connectivity index (χ0v) is 28.4. The van der Waals surface area contributed by atoms with Crippen LogP contribution in [0.4, 0.5) is 5.82 Å². The number of benzene rings is 3. The number of aromatic nitrogens is 2. The summed E-state index contributed by atoms with van der Waals surface area (Å²) in [6, 6.07) is 16.1. The van der Waals surface area contributed by atoms with Crippen molar-refractivity contribution in [3.05, 3.63) is 65.4 Å². The van der Waals surface area contributed by atoms with E-state index >= 15 is 0 Å². The Morgan fingerprint density at radius 3 is 2.32 bits per heavy atom. The summed E-state index contributed by atoms with van der Waals surface area (Å²) in [6.45, 7) is 12.3. The Labute approximate surface area is 276 Å². The van der Waals surface area contributed by atoms with E-state index in [-0.39, 0.29) is 6.61 Å². The van der Waals surface area contributed by atoms with Crippen LogP contribution in [-0.4, -0.2) is 69.4 Å². The van der Waals surface area contributed by atoms with Crippen molar-refractivity contribution in [1.82, 2.24) is 15.5 Å². The Morgan fingerprint density at radius 1 is 0.872 bits per heavy atom. The van der Waals surface area contributed by atoms with Crippen LogP contribution in [0.15, 0.2) is 48.5 Å². The molecule has 11 nitrogen and oxygen atoms in total. The Hall–Kier alpha value is -3.94. The van der Waals surface area contributed by atoms with Crippen LogP contribution in [0.5, 0.6) is 17.2 Å². The van der Waals surface area contributed by atoms with Crippen LogP contribution < -0.4 is 30.3 Å². The minimum Gasteiger partial charge on any atom is -0.497 e. The van der Waals surface area contributed by atoms with Gasteiger partial charge in [-0.3, -0.25) is 5.32 Å². The highest BCUT2D eigenvalue weighted by Gasteiger charge is 2.52. The first-order chi connectivity index (χ1) is 22.5. The fourth-order valence-corrected chi connectivity index (χ4v) is 5.78. The molecule has 3 heterocycles. The van der Waals surface area contributed by atoms with Crippen LogP contribution in [0.1, 0.15) is 44.5 Å². The second-order valence-corrected chi connectivity index (χ2v) is 12.7. The molecule has 2 N–H and O–H groups in total. The van der Waals surface area contributed by atoms with Gasteiger partial charge in [0.1, 0.15) is 17.2 Å². The topological polar surface area (TPSA) is 114 Å². The third-order valence-corrected chi connectivity index (χ3v) is 9.26. The highest BCUT2D eigenvalue weighted by Crippen LogP contribution is 2.39. The number of nitrogens with one attached hydrogen (secondary N) is 2. The first kappa shape index (κ1) is 33.0. The van der Waals surface area contributed by atoms with Crippen molar-refractivity contribution >= 4 is 29.2 Å². The van der Waals surface area contributed by atoms with Crippen LogP contribution in [0.2, 0.25) is 0 Å². The van der Waals surface area contributed by atoms with E-state index in [1.54, 1.807) is 21.3 Å². The monoisotopic (exact) mass is 642 g/mol. The van der Waals surface area contributed by atoms with Crippen molar-refractivity contribution in [3.8, 4) is 28.4 Å². The van der Waals surface area contributed by atoms with Crippen LogP contribution in [-0.2, 0) is 31.9 Å². The van der Waals surface area contributed by atoms with Crippen LogP contribution in [0, 0.1) is 6.92 Å². The summed E-state index contributed by atoms with van der Waals surface area (Å²) in [5, 5.41) is 17.5. The first-order valence-corrected chi connectivity index (χ1v) is 15.8. The highest BCUT2D eigenvalue weighted by atomic mass is 16.7. The van der Waals surface area contributed by atoms with E-state index in [0.717, 1.165) is 62.2 Å². The molecule has 0 bridgehead atoms. The van der Waals surface area contributed by atoms with Crippen LogP contribution in [0.25, 0.3) is 21.9 Å². The fraction of sp³-hybridized carbons (Fsp3) is 0.429. The molecule has 248 valence electrons. The van der Waals surface area contributed by atoms with Crippen molar-refractivity contribution in [2.45, 2.75) is 65.4 Å². The molecule has 2 aliphatic heterocycles. The quantitative estimate of drug-likeness (QED) is 0.217. The van der Waals surface area contributed by atoms with Crippen molar-refractivity contribution in [1.29, 1.82) is 0 Å². The largest absolute Gasteiger partial charge is 0.497 e. The zero-order valence-electron chi connectivity index (χ0n) is 28.4. The SMILES string of the molecule is COc1ccc(CNc2nnc(C)c3cc(-c4cc(B5OC(C)(C)C(C)(C)O5)c(COC5NCCO5)cc4OC)ccc23)c(OC)c1. The van der Waals surface area contributed by atoms with Crippen molar-refractivity contribution in [2.75, 3.05) is 39.8 Å². The van der Waals surface area contributed by atoms with Crippen molar-refractivity contribution < 1.29 is 33.0 Å². The van der Waals surface area contributed by atoms with E-state index in [9.17, 15) is 0 Å². The number of hydrogen-bond donors (Lipinski definition) is 2. The van der Waals surface area contributed by atoms with Gasteiger partial charge in [0, 0.05) is 41.1 Å². The van der Waals surface area contributed by atoms with Gasteiger partial charge in [-0.1, -0.05) is 12.1 Å². The zero-order chi connectivity index (χ0) is 33.3. The summed E-state index contributed by atoms with van der Waals surface area (Å²) in [6.07, 6.45) is -0.468. The average molecular weight is 643 g/mol. The normalized spacial score (nSPS) is 18.5. The molecule has 0 radical (unpaired) electrons. The molecule has 0 aliphatic carbocycles. The maximum Gasteiger partial charge on any atom is 0.495 e. The predicted octanol–water partition coefficient (Wildman–Crippen LogP) is 4.96. The molecule has 1 atom stereocenters. The van der Waals surface area contributed by atoms with Gasteiger partial charge in [0.2, 0.25) is 6.41 Å². The summed E-state index contributed by atoms with van der Waals surface area (Å²) in [7, 11) is 4.36. The molecule has 0 saturated carbocycles. The minimum absolute atomic E-state index is 0.286. The molecule has 2 fully saturated rings. The standard InChI is InChI=1S/C35H43BN4O7/c1-21-27-15-22(10-12-26(27)32(40-39-21)38-19-23-9-11-25(41-6)17-30(23)42-7)28-18-29(36-46-34(2,3)35(4,5)47-36)24(16-31(28)43-8)20-45-33-37-13-14-44-33/h9-12,15-18,33,37H,13-14,19-20H2,1-8H3,(H,38,40). The highest BCUT2D eigenvalue weighted by molar-refractivity contribution is 6.62. The molecule has 3 aromatic carbocycles. The number of fused-ring (bicyclic) bond motifs is 1. The van der Waals surface area contributed by atoms with Gasteiger partial charge >= 0.3 is 7.12 Å². The summed E-state index contributed by atoms with van der Waals surface area (Å²) in [5.74, 6) is 2.84. The van der Waals surface area contributed by atoms with E-state index in [1.165, 1.54) is 0 Å². The van der Waals surface area contributed by atoms with E-state index in [0.29, 0.717) is 24.7 Å². The Balaban J connectivity index is 1.36. The van der Waals surface area contributed by atoms with E-state index in [4.69, 9.17) is 33.0 Å². The first-order valence-electron chi connectivity index (χ1n) is 15.8. The molecule has 0 spiro atoms. The van der Waals surface area contributed by atoms with Gasteiger partial charge in [-0.2, -0.15) is 5.10 Å². The number of ether oxygens (including phenoxy) is 5.